The van der Waals surface area contributed by atoms with Gasteiger partial charge in [0, 0.05) is 6.04 Å². The van der Waals surface area contributed by atoms with Crippen molar-refractivity contribution in [1.82, 2.24) is 13.9 Å². The minimum Gasteiger partial charge on any atom is -0.246 e. The van der Waals surface area contributed by atoms with Gasteiger partial charge in [-0.2, -0.15) is 0 Å². The van der Waals surface area contributed by atoms with Crippen molar-refractivity contribution >= 4 is 0 Å². The standard InChI is InChI=1S/C20H27N3O2/c1-19(2)11-8-9-20(19,3)16(10-11)21-17(24)22-14-6-7-15(23(22)18(21)25)13-5-4-12(13)14/h6-7,11-16H,4-5,8-10H2,1-3H3/t11-,12+,13+,14-,15-,16+,20-/m0/s1. The molecule has 0 aromatic carbocycles. The molecular weight excluding hydrogens is 314 g/mol. The summed E-state index contributed by atoms with van der Waals surface area (Å²) in [5.74, 6) is 1.76. The Balaban J connectivity index is 1.56. The van der Waals surface area contributed by atoms with Gasteiger partial charge in [-0.05, 0) is 60.7 Å². The number of allylic oxidation sites excluding steroid dienone is 2. The highest BCUT2D eigenvalue weighted by Crippen LogP contribution is 2.69. The van der Waals surface area contributed by atoms with Crippen molar-refractivity contribution in [2.24, 2.45) is 28.6 Å². The van der Waals surface area contributed by atoms with Crippen LogP contribution in [0.5, 0.6) is 0 Å². The SMILES string of the molecule is CC1(C)[C@H]2CC[C@@]1(C)[C@H](n1c(=O)n3n(c1=O)[C@H]1C=C[C@H]3[C@@H]3CC[C@H]31)C2. The molecule has 2 aliphatic heterocycles. The number of rotatable bonds is 1. The van der Waals surface area contributed by atoms with E-state index >= 15 is 0 Å². The second-order valence-corrected chi connectivity index (χ2v) is 10.0. The lowest BCUT2D eigenvalue weighted by Crippen LogP contribution is -2.52. The highest BCUT2D eigenvalue weighted by molar-refractivity contribution is 5.19. The summed E-state index contributed by atoms with van der Waals surface area (Å²) in [6.07, 6.45) is 10.1. The highest BCUT2D eigenvalue weighted by Gasteiger charge is 2.63. The molecule has 3 heterocycles. The van der Waals surface area contributed by atoms with Gasteiger partial charge in [-0.1, -0.05) is 32.9 Å². The third-order valence-electron chi connectivity index (χ3n) is 9.43. The van der Waals surface area contributed by atoms with Crippen LogP contribution >= 0.6 is 0 Å². The van der Waals surface area contributed by atoms with Gasteiger partial charge < -0.3 is 0 Å². The third-order valence-corrected chi connectivity index (χ3v) is 9.43. The maximum absolute atomic E-state index is 13.4. The van der Waals surface area contributed by atoms with Gasteiger partial charge in [0.05, 0.1) is 12.1 Å². The van der Waals surface area contributed by atoms with Gasteiger partial charge in [0.15, 0.2) is 0 Å². The van der Waals surface area contributed by atoms with Crippen LogP contribution in [0.15, 0.2) is 21.7 Å². The second kappa shape index (κ2) is 4.07. The fourth-order valence-corrected chi connectivity index (χ4v) is 7.29. The van der Waals surface area contributed by atoms with E-state index in [0.29, 0.717) is 17.8 Å². The lowest BCUT2D eigenvalue weighted by molar-refractivity contribution is 0.0154. The van der Waals surface area contributed by atoms with Crippen molar-refractivity contribution < 1.29 is 0 Å². The van der Waals surface area contributed by atoms with E-state index in [9.17, 15) is 9.59 Å². The normalized spacial score (nSPS) is 47.6. The maximum atomic E-state index is 13.4. The molecule has 3 saturated carbocycles. The predicted octanol–water partition coefficient (Wildman–Crippen LogP) is 2.89. The summed E-state index contributed by atoms with van der Waals surface area (Å²) < 4.78 is 5.30. The summed E-state index contributed by atoms with van der Waals surface area (Å²) in [4.78, 5) is 26.8. The first-order valence-electron chi connectivity index (χ1n) is 10.00. The van der Waals surface area contributed by atoms with Crippen molar-refractivity contribution in [3.05, 3.63) is 33.1 Å². The van der Waals surface area contributed by atoms with Gasteiger partial charge in [0.1, 0.15) is 0 Å². The van der Waals surface area contributed by atoms with Crippen molar-refractivity contribution in [3.63, 3.8) is 0 Å². The molecule has 1 aromatic heterocycles. The Hall–Kier alpha value is -1.52. The van der Waals surface area contributed by atoms with Gasteiger partial charge >= 0.3 is 11.4 Å². The van der Waals surface area contributed by atoms with Crippen LogP contribution in [0.25, 0.3) is 0 Å². The summed E-state index contributed by atoms with van der Waals surface area (Å²) in [6, 6.07) is 0.262. The summed E-state index contributed by atoms with van der Waals surface area (Å²) in [7, 11) is 0. The van der Waals surface area contributed by atoms with E-state index in [1.54, 1.807) is 4.57 Å². The Morgan fingerprint density at radius 3 is 1.88 bits per heavy atom. The summed E-state index contributed by atoms with van der Waals surface area (Å²) in [5, 5.41) is 0. The summed E-state index contributed by atoms with van der Waals surface area (Å²) >= 11 is 0. The van der Waals surface area contributed by atoms with E-state index < -0.39 is 0 Å². The molecule has 6 aliphatic rings. The Bertz CT molecular complexity index is 880. The Morgan fingerprint density at radius 2 is 1.48 bits per heavy atom. The summed E-state index contributed by atoms with van der Waals surface area (Å²) in [5.41, 5.74) is 0.144. The topological polar surface area (TPSA) is 48.9 Å². The first kappa shape index (κ1) is 14.6. The zero-order valence-corrected chi connectivity index (χ0v) is 15.3. The first-order chi connectivity index (χ1) is 11.9. The van der Waals surface area contributed by atoms with E-state index in [0.717, 1.165) is 12.8 Å². The van der Waals surface area contributed by atoms with Crippen LogP contribution < -0.4 is 11.4 Å². The Kier molecular flexibility index (Phi) is 2.38. The smallest absolute Gasteiger partial charge is 0.246 e. The van der Waals surface area contributed by atoms with Crippen LogP contribution in [-0.2, 0) is 0 Å². The number of nitrogens with zero attached hydrogens (tertiary/aromatic N) is 3. The highest BCUT2D eigenvalue weighted by atomic mass is 16.2. The van der Waals surface area contributed by atoms with Crippen molar-refractivity contribution in [3.8, 4) is 0 Å². The van der Waals surface area contributed by atoms with Gasteiger partial charge in [-0.25, -0.2) is 23.5 Å². The molecule has 7 rings (SSSR count). The minimum absolute atomic E-state index is 0.0458. The molecule has 0 amide bonds. The van der Waals surface area contributed by atoms with Crippen LogP contribution in [0.3, 0.4) is 0 Å². The quantitative estimate of drug-likeness (QED) is 0.738. The average Bonchev–Trinajstić information content (AvgIpc) is 3.00. The largest absolute Gasteiger partial charge is 0.348 e. The monoisotopic (exact) mass is 341 g/mol. The first-order valence-corrected chi connectivity index (χ1v) is 10.00. The Morgan fingerprint density at radius 1 is 0.920 bits per heavy atom. The molecule has 1 aromatic rings. The molecule has 0 N–H and O–H groups in total. The molecule has 4 bridgehead atoms. The molecule has 5 heteroatoms. The lowest BCUT2D eigenvalue weighted by atomic mass is 9.62. The molecule has 0 spiro atoms. The molecule has 25 heavy (non-hydrogen) atoms. The number of hydrogen-bond acceptors (Lipinski definition) is 2. The zero-order chi connectivity index (χ0) is 17.3. The zero-order valence-electron chi connectivity index (χ0n) is 15.3. The van der Waals surface area contributed by atoms with E-state index in [2.05, 4.69) is 32.9 Å². The van der Waals surface area contributed by atoms with Gasteiger partial charge in [-0.15, -0.1) is 0 Å². The van der Waals surface area contributed by atoms with Gasteiger partial charge in [-0.3, -0.25) is 0 Å². The molecular formula is C20H27N3O2. The molecule has 0 unspecified atom stereocenters. The van der Waals surface area contributed by atoms with E-state index in [1.165, 1.54) is 19.3 Å². The fourth-order valence-electron chi connectivity index (χ4n) is 7.29. The molecule has 7 atom stereocenters. The third kappa shape index (κ3) is 1.35. The molecule has 4 aliphatic carbocycles. The van der Waals surface area contributed by atoms with Crippen LogP contribution in [0.4, 0.5) is 0 Å². The van der Waals surface area contributed by atoms with E-state index in [4.69, 9.17) is 0 Å². The van der Waals surface area contributed by atoms with E-state index in [-0.39, 0.29) is 40.3 Å². The van der Waals surface area contributed by atoms with Crippen LogP contribution in [0.1, 0.15) is 71.0 Å². The van der Waals surface area contributed by atoms with Gasteiger partial charge in [0.25, 0.3) is 0 Å². The molecule has 134 valence electrons. The minimum atomic E-state index is -0.0516. The van der Waals surface area contributed by atoms with Crippen molar-refractivity contribution in [2.75, 3.05) is 0 Å². The molecule has 3 fully saturated rings. The van der Waals surface area contributed by atoms with Crippen LogP contribution in [-0.4, -0.2) is 13.9 Å². The molecule has 5 nitrogen and oxygen atoms in total. The maximum Gasteiger partial charge on any atom is 0.348 e. The van der Waals surface area contributed by atoms with Crippen molar-refractivity contribution in [2.45, 2.75) is 71.0 Å². The predicted molar refractivity (Wildman–Crippen MR) is 94.6 cm³/mol. The second-order valence-electron chi connectivity index (χ2n) is 10.0. The number of hydrogen-bond donors (Lipinski definition) is 0. The van der Waals surface area contributed by atoms with Crippen molar-refractivity contribution in [1.29, 1.82) is 0 Å². The number of fused-ring (bicyclic) bond motifs is 2. The number of aromatic nitrogens is 3. The van der Waals surface area contributed by atoms with Crippen LogP contribution in [0.2, 0.25) is 0 Å². The lowest BCUT2D eigenvalue weighted by Gasteiger charge is -2.52. The average molecular weight is 341 g/mol. The van der Waals surface area contributed by atoms with Gasteiger partial charge in [0.2, 0.25) is 0 Å². The van der Waals surface area contributed by atoms with Crippen LogP contribution in [0, 0.1) is 28.6 Å². The molecule has 0 radical (unpaired) electrons. The fraction of sp³-hybridized carbons (Fsp3) is 0.800. The van der Waals surface area contributed by atoms with E-state index in [1.807, 2.05) is 9.36 Å². The summed E-state index contributed by atoms with van der Waals surface area (Å²) in [6.45, 7) is 7.00. The molecule has 0 saturated heterocycles. The Labute approximate surface area is 147 Å².